The number of hydrogen-bond donors (Lipinski definition) is 2. The first-order chi connectivity index (χ1) is 8.24. The first-order valence-electron chi connectivity index (χ1n) is 5.96. The number of carbonyl (C=O) groups is 1. The highest BCUT2D eigenvalue weighted by atomic mass is 79.9. The molecule has 1 unspecified atom stereocenters. The van der Waals surface area contributed by atoms with Crippen molar-refractivity contribution in [2.45, 2.75) is 19.4 Å². The zero-order valence-corrected chi connectivity index (χ0v) is 12.5. The fraction of sp³-hybridized carbons (Fsp3) is 0.462. The molecule has 1 aromatic rings. The lowest BCUT2D eigenvalue weighted by atomic mass is 10.0. The van der Waals surface area contributed by atoms with Crippen LogP contribution < -0.4 is 10.6 Å². The Hall–Kier alpha value is -0.580. The second-order valence-electron chi connectivity index (χ2n) is 4.47. The van der Waals surface area contributed by atoms with Crippen LogP contribution in [0.25, 0.3) is 0 Å². The molecule has 0 spiro atoms. The van der Waals surface area contributed by atoms with Gasteiger partial charge in [0.05, 0.1) is 0 Å². The Labute approximate surface area is 122 Å². The minimum absolute atomic E-state index is 0. The van der Waals surface area contributed by atoms with Gasteiger partial charge in [-0.1, -0.05) is 28.1 Å². The summed E-state index contributed by atoms with van der Waals surface area (Å²) < 4.78 is 1.05. The second kappa shape index (κ2) is 7.77. The summed E-state index contributed by atoms with van der Waals surface area (Å²) in [6.45, 7) is 2.63. The molecule has 0 aliphatic carbocycles. The molecule has 1 aromatic carbocycles. The summed E-state index contributed by atoms with van der Waals surface area (Å²) in [7, 11) is 0. The van der Waals surface area contributed by atoms with Crippen molar-refractivity contribution in [2.75, 3.05) is 13.1 Å². The average molecular weight is 334 g/mol. The molecule has 2 N–H and O–H groups in total. The molecule has 100 valence electrons. The van der Waals surface area contributed by atoms with Crippen LogP contribution in [0.4, 0.5) is 0 Å². The SMILES string of the molecule is Cl.O=C(CC1CCNC1)NCc1cccc(Br)c1. The number of benzene rings is 1. The van der Waals surface area contributed by atoms with Gasteiger partial charge in [0.25, 0.3) is 0 Å². The normalized spacial score (nSPS) is 18.2. The molecular formula is C13H18BrClN2O. The Morgan fingerprint density at radius 2 is 2.33 bits per heavy atom. The lowest BCUT2D eigenvalue weighted by molar-refractivity contribution is -0.122. The van der Waals surface area contributed by atoms with E-state index in [0.29, 0.717) is 18.9 Å². The standard InChI is InChI=1S/C13H17BrN2O.ClH/c14-12-3-1-2-10(6-12)9-16-13(17)7-11-4-5-15-8-11;/h1-3,6,11,15H,4-5,7-9H2,(H,16,17);1H. The fourth-order valence-corrected chi connectivity index (χ4v) is 2.52. The number of rotatable bonds is 4. The van der Waals surface area contributed by atoms with Crippen molar-refractivity contribution in [2.24, 2.45) is 5.92 Å². The highest BCUT2D eigenvalue weighted by Gasteiger charge is 2.17. The molecule has 1 aliphatic rings. The Kier molecular flexibility index (Phi) is 6.68. The first-order valence-corrected chi connectivity index (χ1v) is 6.75. The van der Waals surface area contributed by atoms with Gasteiger partial charge in [0, 0.05) is 17.4 Å². The maximum atomic E-state index is 11.7. The first kappa shape index (κ1) is 15.5. The van der Waals surface area contributed by atoms with Crippen molar-refractivity contribution in [3.63, 3.8) is 0 Å². The Balaban J connectivity index is 0.00000162. The van der Waals surface area contributed by atoms with Crippen LogP contribution in [0, 0.1) is 5.92 Å². The predicted octanol–water partition coefficient (Wildman–Crippen LogP) is 2.49. The molecule has 0 saturated carbocycles. The predicted molar refractivity (Wildman–Crippen MR) is 78.8 cm³/mol. The van der Waals surface area contributed by atoms with E-state index in [1.165, 1.54) is 0 Å². The van der Waals surface area contributed by atoms with Gasteiger partial charge in [0.1, 0.15) is 0 Å². The highest BCUT2D eigenvalue weighted by molar-refractivity contribution is 9.10. The smallest absolute Gasteiger partial charge is 0.220 e. The van der Waals surface area contributed by atoms with Gasteiger partial charge in [0.2, 0.25) is 5.91 Å². The maximum Gasteiger partial charge on any atom is 0.220 e. The molecule has 1 atom stereocenters. The summed E-state index contributed by atoms with van der Waals surface area (Å²) in [5, 5.41) is 6.24. The van der Waals surface area contributed by atoms with E-state index < -0.39 is 0 Å². The van der Waals surface area contributed by atoms with Crippen LogP contribution in [-0.4, -0.2) is 19.0 Å². The summed E-state index contributed by atoms with van der Waals surface area (Å²) in [6, 6.07) is 8.00. The number of carbonyl (C=O) groups excluding carboxylic acids is 1. The van der Waals surface area contributed by atoms with Crippen molar-refractivity contribution in [3.05, 3.63) is 34.3 Å². The van der Waals surface area contributed by atoms with Crippen molar-refractivity contribution < 1.29 is 4.79 Å². The highest BCUT2D eigenvalue weighted by Crippen LogP contribution is 2.13. The van der Waals surface area contributed by atoms with Gasteiger partial charge in [-0.05, 0) is 43.1 Å². The largest absolute Gasteiger partial charge is 0.352 e. The molecule has 18 heavy (non-hydrogen) atoms. The Bertz CT molecular complexity index is 394. The van der Waals surface area contributed by atoms with E-state index in [0.717, 1.165) is 29.5 Å². The fourth-order valence-electron chi connectivity index (χ4n) is 2.07. The van der Waals surface area contributed by atoms with Crippen LogP contribution in [0.15, 0.2) is 28.7 Å². The molecule has 5 heteroatoms. The zero-order valence-electron chi connectivity index (χ0n) is 10.1. The van der Waals surface area contributed by atoms with Gasteiger partial charge in [0.15, 0.2) is 0 Å². The minimum atomic E-state index is 0. The van der Waals surface area contributed by atoms with Crippen molar-refractivity contribution in [1.82, 2.24) is 10.6 Å². The van der Waals surface area contributed by atoms with E-state index in [2.05, 4.69) is 26.6 Å². The van der Waals surface area contributed by atoms with Gasteiger partial charge in [-0.3, -0.25) is 4.79 Å². The van der Waals surface area contributed by atoms with Crippen LogP contribution in [0.5, 0.6) is 0 Å². The summed E-state index contributed by atoms with van der Waals surface area (Å²) in [6.07, 6.45) is 1.76. The van der Waals surface area contributed by atoms with Crippen LogP contribution in [0.2, 0.25) is 0 Å². The minimum Gasteiger partial charge on any atom is -0.352 e. The molecular weight excluding hydrogens is 316 g/mol. The molecule has 1 aliphatic heterocycles. The molecule has 0 radical (unpaired) electrons. The molecule has 1 amide bonds. The lowest BCUT2D eigenvalue weighted by Crippen LogP contribution is -2.25. The number of hydrogen-bond acceptors (Lipinski definition) is 2. The lowest BCUT2D eigenvalue weighted by Gasteiger charge is -2.09. The Morgan fingerprint density at radius 3 is 3.00 bits per heavy atom. The zero-order chi connectivity index (χ0) is 12.1. The molecule has 2 rings (SSSR count). The summed E-state index contributed by atoms with van der Waals surface area (Å²) >= 11 is 3.42. The monoisotopic (exact) mass is 332 g/mol. The molecule has 1 saturated heterocycles. The van der Waals surface area contributed by atoms with E-state index in [9.17, 15) is 4.79 Å². The second-order valence-corrected chi connectivity index (χ2v) is 5.39. The van der Waals surface area contributed by atoms with Crippen molar-refractivity contribution in [1.29, 1.82) is 0 Å². The van der Waals surface area contributed by atoms with E-state index in [4.69, 9.17) is 0 Å². The van der Waals surface area contributed by atoms with Gasteiger partial charge in [-0.25, -0.2) is 0 Å². The van der Waals surface area contributed by atoms with E-state index >= 15 is 0 Å². The van der Waals surface area contributed by atoms with E-state index in [1.807, 2.05) is 24.3 Å². The van der Waals surface area contributed by atoms with E-state index in [-0.39, 0.29) is 18.3 Å². The third kappa shape index (κ3) is 4.96. The van der Waals surface area contributed by atoms with Crippen LogP contribution >= 0.6 is 28.3 Å². The number of amides is 1. The average Bonchev–Trinajstić information content (AvgIpc) is 2.79. The van der Waals surface area contributed by atoms with Gasteiger partial charge >= 0.3 is 0 Å². The van der Waals surface area contributed by atoms with Gasteiger partial charge in [-0.15, -0.1) is 12.4 Å². The van der Waals surface area contributed by atoms with Gasteiger partial charge < -0.3 is 10.6 Å². The quantitative estimate of drug-likeness (QED) is 0.889. The molecule has 0 bridgehead atoms. The third-order valence-corrected chi connectivity index (χ3v) is 3.51. The van der Waals surface area contributed by atoms with Crippen LogP contribution in [0.3, 0.4) is 0 Å². The molecule has 1 heterocycles. The van der Waals surface area contributed by atoms with E-state index in [1.54, 1.807) is 0 Å². The van der Waals surface area contributed by atoms with Crippen molar-refractivity contribution >= 4 is 34.2 Å². The maximum absolute atomic E-state index is 11.7. The summed E-state index contributed by atoms with van der Waals surface area (Å²) in [5.74, 6) is 0.663. The summed E-state index contributed by atoms with van der Waals surface area (Å²) in [4.78, 5) is 11.7. The number of nitrogens with one attached hydrogen (secondary N) is 2. The molecule has 0 aromatic heterocycles. The van der Waals surface area contributed by atoms with Gasteiger partial charge in [-0.2, -0.15) is 0 Å². The van der Waals surface area contributed by atoms with Crippen LogP contribution in [0.1, 0.15) is 18.4 Å². The Morgan fingerprint density at radius 1 is 1.50 bits per heavy atom. The molecule has 3 nitrogen and oxygen atoms in total. The summed E-state index contributed by atoms with van der Waals surface area (Å²) in [5.41, 5.74) is 1.12. The topological polar surface area (TPSA) is 41.1 Å². The third-order valence-electron chi connectivity index (χ3n) is 3.02. The molecule has 1 fully saturated rings. The van der Waals surface area contributed by atoms with Crippen molar-refractivity contribution in [3.8, 4) is 0 Å². The number of halogens is 2. The van der Waals surface area contributed by atoms with Crippen LogP contribution in [-0.2, 0) is 11.3 Å².